The van der Waals surface area contributed by atoms with E-state index in [9.17, 15) is 0 Å². The van der Waals surface area contributed by atoms with Crippen LogP contribution in [-0.4, -0.2) is 39.2 Å². The third kappa shape index (κ3) is 1.99. The molecule has 2 rings (SSSR count). The molecular formula is C12H15B5. The minimum absolute atomic E-state index is 1.33. The van der Waals surface area contributed by atoms with Gasteiger partial charge in [-0.1, -0.05) is 41.3 Å². The van der Waals surface area contributed by atoms with Gasteiger partial charge in [0, 0.05) is 0 Å². The van der Waals surface area contributed by atoms with Crippen LogP contribution in [0.3, 0.4) is 0 Å². The molecule has 17 heavy (non-hydrogen) atoms. The first kappa shape index (κ1) is 12.2. The fourth-order valence-electron chi connectivity index (χ4n) is 2.54. The third-order valence-electron chi connectivity index (χ3n) is 4.06. The molecule has 0 aliphatic heterocycles. The van der Waals surface area contributed by atoms with Crippen LogP contribution in [0.4, 0.5) is 0 Å². The molecule has 0 N–H and O–H groups in total. The molecule has 0 unspecified atom stereocenters. The lowest BCUT2D eigenvalue weighted by atomic mass is 9.60. The number of benzene rings is 2. The molecule has 5 heteroatoms. The lowest BCUT2D eigenvalue weighted by molar-refractivity contribution is 1.69. The molecule has 0 aliphatic rings. The maximum Gasteiger partial charge on any atom is 0.139 e. The Morgan fingerprint density at radius 1 is 0.529 bits per heavy atom. The predicted octanol–water partition coefficient (Wildman–Crippen LogP) is -5.35. The van der Waals surface area contributed by atoms with Crippen molar-refractivity contribution in [3.63, 3.8) is 0 Å². The van der Waals surface area contributed by atoms with E-state index in [0.717, 1.165) is 0 Å². The summed E-state index contributed by atoms with van der Waals surface area (Å²) in [5.41, 5.74) is 9.84. The van der Waals surface area contributed by atoms with Gasteiger partial charge in [0.05, 0.1) is 0 Å². The Morgan fingerprint density at radius 3 is 1.41 bits per heavy atom. The molecule has 0 radical (unpaired) electrons. The Hall–Kier alpha value is -1.24. The molecule has 0 heterocycles. The smallest absolute Gasteiger partial charge is 0.102 e. The highest BCUT2D eigenvalue weighted by atomic mass is 14.1. The standard InChI is InChI=1S/C12H15B5/c13-8-7(6-4-2-1-3-5-6)9(14)11(16)12(17)10(8)15/h1-5H,13-17H2. The van der Waals surface area contributed by atoms with Crippen LogP contribution in [0.5, 0.6) is 0 Å². The van der Waals surface area contributed by atoms with Gasteiger partial charge in [0.15, 0.2) is 0 Å². The third-order valence-corrected chi connectivity index (χ3v) is 4.06. The molecular weight excluding hydrogens is 198 g/mol. The van der Waals surface area contributed by atoms with Crippen LogP contribution in [-0.2, 0) is 0 Å². The normalized spacial score (nSPS) is 10.4. The fourth-order valence-corrected chi connectivity index (χ4v) is 2.54. The summed E-state index contributed by atoms with van der Waals surface area (Å²) in [6.45, 7) is 0. The molecule has 0 atom stereocenters. The monoisotopic (exact) mass is 214 g/mol. The van der Waals surface area contributed by atoms with E-state index in [1.807, 2.05) is 0 Å². The SMILES string of the molecule is Bc1c(B)c(B)c(-c2ccccc2)c(B)c1B. The number of hydrogen-bond acceptors (Lipinski definition) is 0. The molecule has 78 valence electrons. The van der Waals surface area contributed by atoms with Crippen molar-refractivity contribution in [2.24, 2.45) is 0 Å². The van der Waals surface area contributed by atoms with Gasteiger partial charge >= 0.3 is 0 Å². The van der Waals surface area contributed by atoms with Crippen molar-refractivity contribution in [3.05, 3.63) is 30.3 Å². The fraction of sp³-hybridized carbons (Fsp3) is 0. The molecule has 0 saturated carbocycles. The van der Waals surface area contributed by atoms with Gasteiger partial charge < -0.3 is 0 Å². The van der Waals surface area contributed by atoms with E-state index in [-0.39, 0.29) is 0 Å². The van der Waals surface area contributed by atoms with Crippen molar-refractivity contribution in [3.8, 4) is 11.1 Å². The van der Waals surface area contributed by atoms with Crippen LogP contribution in [0.2, 0.25) is 0 Å². The molecule has 2 aromatic carbocycles. The Labute approximate surface area is 108 Å². The molecule has 0 bridgehead atoms. The summed E-state index contributed by atoms with van der Waals surface area (Å²) < 4.78 is 0. The highest BCUT2D eigenvalue weighted by Gasteiger charge is 2.11. The van der Waals surface area contributed by atoms with Crippen molar-refractivity contribution in [2.75, 3.05) is 0 Å². The minimum Gasteiger partial charge on any atom is -0.102 e. The summed E-state index contributed by atoms with van der Waals surface area (Å²) in [5, 5.41) is 0. The topological polar surface area (TPSA) is 0 Å². The zero-order chi connectivity index (χ0) is 12.6. The molecule has 0 fully saturated rings. The Bertz CT molecular complexity index is 534. The maximum atomic E-state index is 2.23. The minimum atomic E-state index is 1.33. The Kier molecular flexibility index (Phi) is 3.28. The van der Waals surface area contributed by atoms with E-state index >= 15 is 0 Å². The lowest BCUT2D eigenvalue weighted by Crippen LogP contribution is -2.55. The quantitative estimate of drug-likeness (QED) is 0.415. The Balaban J connectivity index is 2.80. The first-order valence-electron chi connectivity index (χ1n) is 6.16. The number of hydrogen-bond donors (Lipinski definition) is 0. The van der Waals surface area contributed by atoms with Crippen molar-refractivity contribution in [1.29, 1.82) is 0 Å². The van der Waals surface area contributed by atoms with Gasteiger partial charge in [0.2, 0.25) is 0 Å². The second-order valence-corrected chi connectivity index (χ2v) is 4.87. The zero-order valence-electron chi connectivity index (χ0n) is 11.4. The summed E-state index contributed by atoms with van der Waals surface area (Å²) in [6.07, 6.45) is 0. The largest absolute Gasteiger partial charge is 0.139 e. The summed E-state index contributed by atoms with van der Waals surface area (Å²) in [7, 11) is 11.1. The van der Waals surface area contributed by atoms with Gasteiger partial charge in [-0.25, -0.2) is 0 Å². The highest BCUT2D eigenvalue weighted by Crippen LogP contribution is 2.11. The predicted molar refractivity (Wildman–Crippen MR) is 92.8 cm³/mol. The molecule has 0 aromatic heterocycles. The van der Waals surface area contributed by atoms with E-state index < -0.39 is 0 Å². The van der Waals surface area contributed by atoms with Gasteiger partial charge in [0.25, 0.3) is 0 Å². The van der Waals surface area contributed by atoms with Crippen molar-refractivity contribution >= 4 is 66.5 Å². The first-order chi connectivity index (χ1) is 8.04. The average molecular weight is 213 g/mol. The van der Waals surface area contributed by atoms with Crippen LogP contribution in [0.25, 0.3) is 11.1 Å². The van der Waals surface area contributed by atoms with Crippen molar-refractivity contribution in [1.82, 2.24) is 0 Å². The second kappa shape index (κ2) is 4.56. The van der Waals surface area contributed by atoms with E-state index in [0.29, 0.717) is 0 Å². The summed E-state index contributed by atoms with van der Waals surface area (Å²) in [6, 6.07) is 10.7. The van der Waals surface area contributed by atoms with Gasteiger partial charge in [-0.3, -0.25) is 0 Å². The van der Waals surface area contributed by atoms with E-state index in [1.54, 1.807) is 0 Å². The van der Waals surface area contributed by atoms with Gasteiger partial charge in [0.1, 0.15) is 39.2 Å². The second-order valence-electron chi connectivity index (χ2n) is 4.87. The summed E-state index contributed by atoms with van der Waals surface area (Å²) >= 11 is 0. The summed E-state index contributed by atoms with van der Waals surface area (Å²) in [4.78, 5) is 0. The van der Waals surface area contributed by atoms with Crippen LogP contribution < -0.4 is 27.3 Å². The highest BCUT2D eigenvalue weighted by molar-refractivity contribution is 6.68. The average Bonchev–Trinajstić information content (AvgIpc) is 2.36. The van der Waals surface area contributed by atoms with Crippen molar-refractivity contribution in [2.45, 2.75) is 0 Å². The van der Waals surface area contributed by atoms with Gasteiger partial charge in [-0.2, -0.15) is 0 Å². The van der Waals surface area contributed by atoms with Crippen LogP contribution in [0, 0.1) is 0 Å². The molecule has 0 spiro atoms. The van der Waals surface area contributed by atoms with E-state index in [2.05, 4.69) is 69.6 Å². The first-order valence-corrected chi connectivity index (χ1v) is 6.16. The number of rotatable bonds is 1. The summed E-state index contributed by atoms with van der Waals surface area (Å²) in [5.74, 6) is 0. The van der Waals surface area contributed by atoms with Crippen molar-refractivity contribution < 1.29 is 0 Å². The van der Waals surface area contributed by atoms with Gasteiger partial charge in [-0.05, 0) is 11.1 Å². The zero-order valence-corrected chi connectivity index (χ0v) is 11.4. The van der Waals surface area contributed by atoms with Gasteiger partial charge in [-0.15, -0.1) is 16.4 Å². The van der Waals surface area contributed by atoms with E-state index in [1.165, 1.54) is 38.4 Å². The van der Waals surface area contributed by atoms with Crippen LogP contribution in [0.15, 0.2) is 30.3 Å². The lowest BCUT2D eigenvalue weighted by Gasteiger charge is -2.20. The molecule has 2 aromatic rings. The van der Waals surface area contributed by atoms with E-state index in [4.69, 9.17) is 0 Å². The van der Waals surface area contributed by atoms with Crippen LogP contribution >= 0.6 is 0 Å². The molecule has 0 aliphatic carbocycles. The van der Waals surface area contributed by atoms with Crippen LogP contribution in [0.1, 0.15) is 0 Å². The molecule has 0 saturated heterocycles. The molecule has 0 amide bonds. The maximum absolute atomic E-state index is 2.23. The Morgan fingerprint density at radius 2 is 0.941 bits per heavy atom. The molecule has 0 nitrogen and oxygen atoms in total.